The molecule has 0 spiro atoms. The summed E-state index contributed by atoms with van der Waals surface area (Å²) in [7, 11) is -2.37. The maximum Gasteiger partial charge on any atom is 0.0477 e. The minimum absolute atomic E-state index is 0.0685. The predicted octanol–water partition coefficient (Wildman–Crippen LogP) is 0.400. The van der Waals surface area contributed by atoms with E-state index in [-0.39, 0.29) is 5.25 Å². The molecule has 0 aromatic carbocycles. The van der Waals surface area contributed by atoms with Crippen molar-refractivity contribution in [2.75, 3.05) is 12.3 Å². The second-order valence-corrected chi connectivity index (χ2v) is 5.07. The zero-order valence-corrected chi connectivity index (χ0v) is 6.70. The topological polar surface area (TPSA) is 66.9 Å². The molecule has 0 rings (SSSR count). The van der Waals surface area contributed by atoms with Crippen LogP contribution in [0.5, 0.6) is 0 Å². The minimum atomic E-state index is -2.37. The van der Waals surface area contributed by atoms with Crippen molar-refractivity contribution in [2.45, 2.75) is 19.1 Å². The normalized spacial score (nSPS) is 17.8. The van der Waals surface area contributed by atoms with Crippen molar-refractivity contribution in [1.29, 1.82) is 4.78 Å². The predicted molar refractivity (Wildman–Crippen MR) is 39.9 cm³/mol. The first-order valence-electron chi connectivity index (χ1n) is 2.96. The lowest BCUT2D eigenvalue weighted by Gasteiger charge is -2.07. The average molecular weight is 150 g/mol. The first kappa shape index (κ1) is 8.91. The van der Waals surface area contributed by atoms with Gasteiger partial charge in [-0.3, -0.25) is 4.78 Å². The zero-order chi connectivity index (χ0) is 7.49. The minimum Gasteiger partial charge on any atom is -0.330 e. The highest BCUT2D eigenvalue weighted by Crippen LogP contribution is 1.99. The Balaban J connectivity index is 4.05. The monoisotopic (exact) mass is 150 g/mol. The molecule has 0 aliphatic carbocycles. The highest BCUT2D eigenvalue weighted by Gasteiger charge is 2.08. The maximum absolute atomic E-state index is 11.1. The third kappa shape index (κ3) is 2.81. The summed E-state index contributed by atoms with van der Waals surface area (Å²) < 4.78 is 18.3. The molecule has 0 bridgehead atoms. The molecule has 0 aliphatic rings. The molecule has 56 valence electrons. The van der Waals surface area contributed by atoms with Crippen LogP contribution in [0.2, 0.25) is 0 Å². The van der Waals surface area contributed by atoms with Gasteiger partial charge < -0.3 is 5.73 Å². The molecule has 0 amide bonds. The molecule has 0 heterocycles. The van der Waals surface area contributed by atoms with E-state index in [1.807, 2.05) is 0 Å². The van der Waals surface area contributed by atoms with E-state index in [0.29, 0.717) is 12.3 Å². The third-order valence-electron chi connectivity index (χ3n) is 1.18. The molecule has 0 aromatic heterocycles. The number of hydrogen-bond donors (Lipinski definition) is 2. The molecule has 0 aromatic rings. The lowest BCUT2D eigenvalue weighted by atomic mass is 10.6. The summed E-state index contributed by atoms with van der Waals surface area (Å²) in [5.41, 5.74) is 5.15. The van der Waals surface area contributed by atoms with Crippen LogP contribution in [0.15, 0.2) is 0 Å². The third-order valence-corrected chi connectivity index (χ3v) is 3.55. The number of nitrogens with one attached hydrogen (secondary N) is 1. The molecule has 3 N–H and O–H groups in total. The molecular formula is C5H14N2OS. The Morgan fingerprint density at radius 3 is 2.22 bits per heavy atom. The summed E-state index contributed by atoms with van der Waals surface area (Å²) in [6, 6.07) is 0. The van der Waals surface area contributed by atoms with Crippen molar-refractivity contribution in [3.8, 4) is 0 Å². The molecule has 0 radical (unpaired) electrons. The van der Waals surface area contributed by atoms with Gasteiger partial charge in [0.1, 0.15) is 0 Å². The SMILES string of the molecule is CC(C)S(=N)(=O)CCN. The number of nitrogens with two attached hydrogens (primary N) is 1. The van der Waals surface area contributed by atoms with Crippen LogP contribution in [-0.4, -0.2) is 21.8 Å². The van der Waals surface area contributed by atoms with Gasteiger partial charge in [-0.2, -0.15) is 0 Å². The van der Waals surface area contributed by atoms with Crippen molar-refractivity contribution in [3.05, 3.63) is 0 Å². The molecule has 9 heavy (non-hydrogen) atoms. The van der Waals surface area contributed by atoms with Crippen molar-refractivity contribution in [3.63, 3.8) is 0 Å². The smallest absolute Gasteiger partial charge is 0.0477 e. The van der Waals surface area contributed by atoms with Crippen LogP contribution in [0.4, 0.5) is 0 Å². The Bertz CT molecular complexity index is 160. The fraction of sp³-hybridized carbons (Fsp3) is 1.00. The van der Waals surface area contributed by atoms with E-state index in [0.717, 1.165) is 0 Å². The Morgan fingerprint density at radius 2 is 2.11 bits per heavy atom. The van der Waals surface area contributed by atoms with E-state index in [1.165, 1.54) is 0 Å². The van der Waals surface area contributed by atoms with Crippen LogP contribution in [0.1, 0.15) is 13.8 Å². The Kier molecular flexibility index (Phi) is 3.14. The molecule has 0 saturated heterocycles. The summed E-state index contributed by atoms with van der Waals surface area (Å²) >= 11 is 0. The molecule has 1 atom stereocenters. The van der Waals surface area contributed by atoms with E-state index in [4.69, 9.17) is 10.5 Å². The highest BCUT2D eigenvalue weighted by atomic mass is 32.2. The second kappa shape index (κ2) is 3.17. The fourth-order valence-electron chi connectivity index (χ4n) is 0.411. The van der Waals surface area contributed by atoms with Gasteiger partial charge in [-0.1, -0.05) is 13.8 Å². The Hall–Kier alpha value is -0.0900. The van der Waals surface area contributed by atoms with E-state index < -0.39 is 9.73 Å². The zero-order valence-electron chi connectivity index (χ0n) is 5.89. The van der Waals surface area contributed by atoms with Gasteiger partial charge in [0.2, 0.25) is 0 Å². The Morgan fingerprint density at radius 1 is 1.67 bits per heavy atom. The highest BCUT2D eigenvalue weighted by molar-refractivity contribution is 7.93. The van der Waals surface area contributed by atoms with Crippen LogP contribution >= 0.6 is 0 Å². The standard InChI is InChI=1S/C5H14N2OS/c1-5(2)9(7,8)4-3-6/h5,7H,3-4,6H2,1-2H3. The van der Waals surface area contributed by atoms with Gasteiger partial charge in [0.15, 0.2) is 0 Å². The van der Waals surface area contributed by atoms with Crippen molar-refractivity contribution >= 4 is 9.73 Å². The number of rotatable bonds is 3. The first-order chi connectivity index (χ1) is 4.00. The van der Waals surface area contributed by atoms with Gasteiger partial charge in [-0.15, -0.1) is 0 Å². The Labute approximate surface area is 56.6 Å². The van der Waals surface area contributed by atoms with Crippen LogP contribution in [0.3, 0.4) is 0 Å². The summed E-state index contributed by atoms with van der Waals surface area (Å²) in [4.78, 5) is 0. The summed E-state index contributed by atoms with van der Waals surface area (Å²) in [6.45, 7) is 3.91. The van der Waals surface area contributed by atoms with E-state index in [1.54, 1.807) is 13.8 Å². The van der Waals surface area contributed by atoms with Gasteiger partial charge in [0.05, 0.1) is 0 Å². The van der Waals surface area contributed by atoms with Crippen molar-refractivity contribution in [1.82, 2.24) is 0 Å². The molecular weight excluding hydrogens is 136 g/mol. The fourth-order valence-corrected chi connectivity index (χ4v) is 1.23. The van der Waals surface area contributed by atoms with E-state index in [2.05, 4.69) is 0 Å². The van der Waals surface area contributed by atoms with Gasteiger partial charge in [-0.05, 0) is 0 Å². The summed E-state index contributed by atoms with van der Waals surface area (Å²) in [6.07, 6.45) is 0. The van der Waals surface area contributed by atoms with E-state index >= 15 is 0 Å². The van der Waals surface area contributed by atoms with Gasteiger partial charge in [0, 0.05) is 27.3 Å². The molecule has 3 nitrogen and oxygen atoms in total. The van der Waals surface area contributed by atoms with E-state index in [9.17, 15) is 4.21 Å². The molecule has 1 unspecified atom stereocenters. The quantitative estimate of drug-likeness (QED) is 0.611. The lowest BCUT2D eigenvalue weighted by molar-refractivity contribution is 0.667. The van der Waals surface area contributed by atoms with Crippen LogP contribution < -0.4 is 5.73 Å². The van der Waals surface area contributed by atoms with Gasteiger partial charge >= 0.3 is 0 Å². The van der Waals surface area contributed by atoms with Gasteiger partial charge in [-0.25, -0.2) is 4.21 Å². The molecule has 0 fully saturated rings. The molecule has 0 aliphatic heterocycles. The summed E-state index contributed by atoms with van der Waals surface area (Å²) in [5.74, 6) is 0.324. The first-order valence-corrected chi connectivity index (χ1v) is 4.75. The van der Waals surface area contributed by atoms with Crippen LogP contribution in [0, 0.1) is 4.78 Å². The van der Waals surface area contributed by atoms with Crippen molar-refractivity contribution < 1.29 is 4.21 Å². The van der Waals surface area contributed by atoms with Crippen LogP contribution in [-0.2, 0) is 9.73 Å². The maximum atomic E-state index is 11.1. The average Bonchev–Trinajstić information content (AvgIpc) is 1.65. The van der Waals surface area contributed by atoms with Crippen LogP contribution in [0.25, 0.3) is 0 Å². The number of hydrogen-bond acceptors (Lipinski definition) is 3. The van der Waals surface area contributed by atoms with Gasteiger partial charge in [0.25, 0.3) is 0 Å². The largest absolute Gasteiger partial charge is 0.330 e. The summed E-state index contributed by atoms with van der Waals surface area (Å²) in [5, 5.41) is -0.0685. The lowest BCUT2D eigenvalue weighted by Crippen LogP contribution is -2.21. The molecule has 0 saturated carbocycles. The second-order valence-electron chi connectivity index (χ2n) is 2.27. The molecule has 4 heteroatoms. The van der Waals surface area contributed by atoms with Crippen molar-refractivity contribution in [2.24, 2.45) is 5.73 Å².